The Morgan fingerprint density at radius 3 is 2.69 bits per heavy atom. The van der Waals surface area contributed by atoms with Crippen LogP contribution in [0.3, 0.4) is 0 Å². The van der Waals surface area contributed by atoms with E-state index in [1.54, 1.807) is 0 Å². The highest BCUT2D eigenvalue weighted by molar-refractivity contribution is 5.13. The van der Waals surface area contributed by atoms with Crippen molar-refractivity contribution in [3.8, 4) is 12.3 Å². The van der Waals surface area contributed by atoms with E-state index in [9.17, 15) is 0 Å². The lowest BCUT2D eigenvalue weighted by Gasteiger charge is -2.07. The molecule has 0 heterocycles. The third kappa shape index (κ3) is 5.00. The van der Waals surface area contributed by atoms with Gasteiger partial charge in [0.15, 0.2) is 0 Å². The molecule has 1 heteroatoms. The average molecular weight is 216 g/mol. The maximum absolute atomic E-state index is 5.59. The van der Waals surface area contributed by atoms with Gasteiger partial charge in [0.05, 0.1) is 6.61 Å². The minimum Gasteiger partial charge on any atom is -0.377 e. The van der Waals surface area contributed by atoms with Crippen LogP contribution in [0.2, 0.25) is 0 Å². The molecular weight excluding hydrogens is 196 g/mol. The Bertz CT molecular complexity index is 310. The Morgan fingerprint density at radius 1 is 1.31 bits per heavy atom. The first-order chi connectivity index (χ1) is 7.86. The maximum Gasteiger partial charge on any atom is 0.0716 e. The third-order valence-electron chi connectivity index (χ3n) is 2.68. The van der Waals surface area contributed by atoms with Crippen LogP contribution in [-0.2, 0) is 11.3 Å². The van der Waals surface area contributed by atoms with Gasteiger partial charge >= 0.3 is 0 Å². The van der Waals surface area contributed by atoms with Crippen molar-refractivity contribution in [2.45, 2.75) is 32.8 Å². The second-order valence-electron chi connectivity index (χ2n) is 3.95. The number of terminal acetylenes is 1. The van der Waals surface area contributed by atoms with E-state index in [2.05, 4.69) is 25.0 Å². The van der Waals surface area contributed by atoms with E-state index in [1.807, 2.05) is 18.2 Å². The van der Waals surface area contributed by atoms with E-state index < -0.39 is 0 Å². The highest BCUT2D eigenvalue weighted by atomic mass is 16.5. The normalized spacial score (nSPS) is 12.0. The molecule has 0 saturated heterocycles. The predicted octanol–water partition coefficient (Wildman–Crippen LogP) is 3.64. The Labute approximate surface area is 98.8 Å². The summed E-state index contributed by atoms with van der Waals surface area (Å²) in [6.07, 6.45) is 8.59. The van der Waals surface area contributed by atoms with Crippen LogP contribution in [0.25, 0.3) is 0 Å². The van der Waals surface area contributed by atoms with Gasteiger partial charge in [-0.3, -0.25) is 0 Å². The molecule has 16 heavy (non-hydrogen) atoms. The molecule has 0 aliphatic heterocycles. The summed E-state index contributed by atoms with van der Waals surface area (Å²) in [4.78, 5) is 0. The smallest absolute Gasteiger partial charge is 0.0716 e. The summed E-state index contributed by atoms with van der Waals surface area (Å²) in [7, 11) is 0. The van der Waals surface area contributed by atoms with Gasteiger partial charge < -0.3 is 4.74 Å². The molecule has 0 N–H and O–H groups in total. The molecule has 1 nitrogen and oxygen atoms in total. The zero-order valence-corrected chi connectivity index (χ0v) is 9.99. The molecule has 0 fully saturated rings. The second-order valence-corrected chi connectivity index (χ2v) is 3.95. The lowest BCUT2D eigenvalue weighted by atomic mass is 10.0. The van der Waals surface area contributed by atoms with Crippen LogP contribution in [0.4, 0.5) is 0 Å². The highest BCUT2D eigenvalue weighted by Crippen LogP contribution is 2.09. The van der Waals surface area contributed by atoms with E-state index >= 15 is 0 Å². The molecule has 1 aromatic carbocycles. The number of rotatable bonds is 7. The monoisotopic (exact) mass is 216 g/mol. The van der Waals surface area contributed by atoms with Gasteiger partial charge in [-0.1, -0.05) is 37.3 Å². The van der Waals surface area contributed by atoms with Gasteiger partial charge in [0, 0.05) is 12.5 Å². The van der Waals surface area contributed by atoms with E-state index in [-0.39, 0.29) is 0 Å². The van der Waals surface area contributed by atoms with Crippen molar-refractivity contribution >= 4 is 0 Å². The van der Waals surface area contributed by atoms with E-state index in [1.165, 1.54) is 5.56 Å². The third-order valence-corrected chi connectivity index (χ3v) is 2.68. The fourth-order valence-electron chi connectivity index (χ4n) is 1.60. The SMILES string of the molecule is C#CC(CC)CCCOCc1ccccc1. The lowest BCUT2D eigenvalue weighted by Crippen LogP contribution is -2.00. The molecule has 0 aliphatic rings. The summed E-state index contributed by atoms with van der Waals surface area (Å²) in [5.74, 6) is 3.22. The minimum absolute atomic E-state index is 0.417. The van der Waals surface area contributed by atoms with Crippen LogP contribution in [0.15, 0.2) is 30.3 Å². The van der Waals surface area contributed by atoms with Gasteiger partial charge in [0.2, 0.25) is 0 Å². The Kier molecular flexibility index (Phi) is 6.37. The summed E-state index contributed by atoms with van der Waals surface area (Å²) in [6.45, 7) is 3.64. The molecule has 0 saturated carbocycles. The van der Waals surface area contributed by atoms with Crippen LogP contribution in [-0.4, -0.2) is 6.61 Å². The van der Waals surface area contributed by atoms with Crippen LogP contribution >= 0.6 is 0 Å². The highest BCUT2D eigenvalue weighted by Gasteiger charge is 2.00. The predicted molar refractivity (Wildman–Crippen MR) is 67.9 cm³/mol. The van der Waals surface area contributed by atoms with Crippen molar-refractivity contribution < 1.29 is 4.74 Å². The number of ether oxygens (including phenoxy) is 1. The van der Waals surface area contributed by atoms with Crippen molar-refractivity contribution in [2.24, 2.45) is 5.92 Å². The Hall–Kier alpha value is -1.26. The molecule has 1 aromatic rings. The number of benzene rings is 1. The van der Waals surface area contributed by atoms with Crippen LogP contribution in [0, 0.1) is 18.3 Å². The van der Waals surface area contributed by atoms with Crippen molar-refractivity contribution in [2.75, 3.05) is 6.61 Å². The molecule has 0 spiro atoms. The number of hydrogen-bond acceptors (Lipinski definition) is 1. The zero-order valence-electron chi connectivity index (χ0n) is 9.99. The first-order valence-electron chi connectivity index (χ1n) is 5.94. The quantitative estimate of drug-likeness (QED) is 0.499. The lowest BCUT2D eigenvalue weighted by molar-refractivity contribution is 0.115. The standard InChI is InChI=1S/C15H20O/c1-3-14(4-2)11-8-12-16-13-15-9-6-5-7-10-15/h1,5-7,9-10,14H,4,8,11-13H2,2H3. The van der Waals surface area contributed by atoms with Gasteiger partial charge in [0.25, 0.3) is 0 Å². The first-order valence-corrected chi connectivity index (χ1v) is 5.94. The zero-order chi connectivity index (χ0) is 11.6. The Balaban J connectivity index is 2.07. The van der Waals surface area contributed by atoms with Crippen molar-refractivity contribution in [3.63, 3.8) is 0 Å². The molecule has 86 valence electrons. The maximum atomic E-state index is 5.59. The fraction of sp³-hybridized carbons (Fsp3) is 0.467. The van der Waals surface area contributed by atoms with Gasteiger partial charge in [-0.15, -0.1) is 12.3 Å². The minimum atomic E-state index is 0.417. The summed E-state index contributed by atoms with van der Waals surface area (Å²) >= 11 is 0. The fourth-order valence-corrected chi connectivity index (χ4v) is 1.60. The second kappa shape index (κ2) is 7.96. The van der Waals surface area contributed by atoms with Gasteiger partial charge in [0.1, 0.15) is 0 Å². The van der Waals surface area contributed by atoms with Crippen molar-refractivity contribution in [1.82, 2.24) is 0 Å². The Morgan fingerprint density at radius 2 is 2.06 bits per heavy atom. The molecule has 0 aromatic heterocycles. The largest absolute Gasteiger partial charge is 0.377 e. The molecule has 0 aliphatic carbocycles. The van der Waals surface area contributed by atoms with E-state index in [4.69, 9.17) is 11.2 Å². The molecule has 1 atom stereocenters. The molecule has 0 radical (unpaired) electrons. The molecular formula is C15H20O. The van der Waals surface area contributed by atoms with E-state index in [0.29, 0.717) is 12.5 Å². The topological polar surface area (TPSA) is 9.23 Å². The van der Waals surface area contributed by atoms with Crippen molar-refractivity contribution in [3.05, 3.63) is 35.9 Å². The summed E-state index contributed by atoms with van der Waals surface area (Å²) in [6, 6.07) is 10.2. The van der Waals surface area contributed by atoms with Crippen LogP contribution in [0.5, 0.6) is 0 Å². The summed E-state index contributed by atoms with van der Waals surface area (Å²) in [5.41, 5.74) is 1.23. The molecule has 1 rings (SSSR count). The molecule has 1 unspecified atom stereocenters. The molecule has 0 amide bonds. The van der Waals surface area contributed by atoms with Crippen LogP contribution < -0.4 is 0 Å². The van der Waals surface area contributed by atoms with Gasteiger partial charge in [-0.05, 0) is 24.8 Å². The van der Waals surface area contributed by atoms with Crippen molar-refractivity contribution in [1.29, 1.82) is 0 Å². The first kappa shape index (κ1) is 12.8. The van der Waals surface area contributed by atoms with Gasteiger partial charge in [-0.2, -0.15) is 0 Å². The number of hydrogen-bond donors (Lipinski definition) is 0. The summed E-state index contributed by atoms with van der Waals surface area (Å²) in [5, 5.41) is 0. The van der Waals surface area contributed by atoms with Gasteiger partial charge in [-0.25, -0.2) is 0 Å². The average Bonchev–Trinajstić information content (AvgIpc) is 2.35. The van der Waals surface area contributed by atoms with E-state index in [0.717, 1.165) is 25.9 Å². The molecule has 0 bridgehead atoms. The summed E-state index contributed by atoms with van der Waals surface area (Å²) < 4.78 is 5.59. The van der Waals surface area contributed by atoms with Crippen LogP contribution in [0.1, 0.15) is 31.7 Å².